The summed E-state index contributed by atoms with van der Waals surface area (Å²) in [5.41, 5.74) is 1.16. The van der Waals surface area contributed by atoms with Crippen LogP contribution in [0.2, 0.25) is 0 Å². The van der Waals surface area contributed by atoms with E-state index in [9.17, 15) is 14.4 Å². The fourth-order valence-corrected chi connectivity index (χ4v) is 3.36. The molecule has 0 atom stereocenters. The van der Waals surface area contributed by atoms with Crippen molar-refractivity contribution >= 4 is 34.1 Å². The van der Waals surface area contributed by atoms with Crippen molar-refractivity contribution in [2.75, 3.05) is 19.0 Å². The summed E-state index contributed by atoms with van der Waals surface area (Å²) in [5.74, 6) is -1.21. The van der Waals surface area contributed by atoms with Crippen LogP contribution in [-0.4, -0.2) is 31.4 Å². The lowest BCUT2D eigenvalue weighted by atomic mass is 10.1. The highest BCUT2D eigenvalue weighted by Crippen LogP contribution is 2.34. The molecule has 2 aromatic rings. The van der Waals surface area contributed by atoms with E-state index >= 15 is 0 Å². The summed E-state index contributed by atoms with van der Waals surface area (Å²) in [4.78, 5) is 37.2. The molecule has 0 aliphatic heterocycles. The smallest absolute Gasteiger partial charge is 0.341 e. The van der Waals surface area contributed by atoms with E-state index in [-0.39, 0.29) is 17.4 Å². The SMILES string of the molecule is CCCNC(=O)c1sc(NC(=O)c2ccccc2)c(C(=O)OC)c1C. The summed E-state index contributed by atoms with van der Waals surface area (Å²) in [6.07, 6.45) is 0.803. The molecule has 0 aliphatic carbocycles. The Morgan fingerprint density at radius 3 is 2.40 bits per heavy atom. The van der Waals surface area contributed by atoms with Crippen molar-refractivity contribution in [3.05, 3.63) is 51.9 Å². The quantitative estimate of drug-likeness (QED) is 0.775. The predicted molar refractivity (Wildman–Crippen MR) is 97.4 cm³/mol. The summed E-state index contributed by atoms with van der Waals surface area (Å²) in [6.45, 7) is 4.16. The lowest BCUT2D eigenvalue weighted by Crippen LogP contribution is -2.23. The Hall–Kier alpha value is -2.67. The summed E-state index contributed by atoms with van der Waals surface area (Å²) < 4.78 is 4.80. The molecule has 0 bridgehead atoms. The van der Waals surface area contributed by atoms with Crippen LogP contribution < -0.4 is 10.6 Å². The van der Waals surface area contributed by atoms with Crippen molar-refractivity contribution in [1.29, 1.82) is 0 Å². The Balaban J connectivity index is 2.37. The van der Waals surface area contributed by atoms with Gasteiger partial charge in [-0.1, -0.05) is 25.1 Å². The number of ether oxygens (including phenoxy) is 1. The van der Waals surface area contributed by atoms with Crippen LogP contribution in [-0.2, 0) is 4.74 Å². The number of esters is 1. The predicted octanol–water partition coefficient (Wildman–Crippen LogP) is 3.24. The molecule has 6 nitrogen and oxygen atoms in total. The zero-order valence-corrected chi connectivity index (χ0v) is 15.2. The molecule has 0 aliphatic rings. The number of anilines is 1. The van der Waals surface area contributed by atoms with Gasteiger partial charge >= 0.3 is 5.97 Å². The largest absolute Gasteiger partial charge is 0.465 e. The Morgan fingerprint density at radius 1 is 1.12 bits per heavy atom. The monoisotopic (exact) mass is 360 g/mol. The van der Waals surface area contributed by atoms with E-state index in [1.54, 1.807) is 31.2 Å². The maximum Gasteiger partial charge on any atom is 0.341 e. The Morgan fingerprint density at radius 2 is 1.80 bits per heavy atom. The van der Waals surface area contributed by atoms with Gasteiger partial charge in [-0.05, 0) is 31.0 Å². The molecule has 0 unspecified atom stereocenters. The number of hydrogen-bond donors (Lipinski definition) is 2. The van der Waals surface area contributed by atoms with E-state index < -0.39 is 5.97 Å². The van der Waals surface area contributed by atoms with E-state index in [0.717, 1.165) is 17.8 Å². The first-order valence-corrected chi connectivity index (χ1v) is 8.67. The van der Waals surface area contributed by atoms with Crippen molar-refractivity contribution in [2.45, 2.75) is 20.3 Å². The number of benzene rings is 1. The molecule has 7 heteroatoms. The second kappa shape index (κ2) is 8.43. The van der Waals surface area contributed by atoms with Crippen LogP contribution in [0.15, 0.2) is 30.3 Å². The number of amides is 2. The fourth-order valence-electron chi connectivity index (χ4n) is 2.25. The molecule has 0 spiro atoms. The van der Waals surface area contributed by atoms with Crippen LogP contribution in [0.1, 0.15) is 49.3 Å². The normalized spacial score (nSPS) is 10.2. The van der Waals surface area contributed by atoms with Gasteiger partial charge in [0.1, 0.15) is 5.00 Å². The molecule has 1 heterocycles. The van der Waals surface area contributed by atoms with Crippen LogP contribution in [0.3, 0.4) is 0 Å². The summed E-state index contributed by atoms with van der Waals surface area (Å²) >= 11 is 1.07. The molecule has 1 aromatic heterocycles. The third kappa shape index (κ3) is 4.24. The van der Waals surface area contributed by atoms with E-state index in [0.29, 0.717) is 27.5 Å². The summed E-state index contributed by atoms with van der Waals surface area (Å²) in [7, 11) is 1.26. The van der Waals surface area contributed by atoms with E-state index in [1.165, 1.54) is 7.11 Å². The van der Waals surface area contributed by atoms with Crippen LogP contribution in [0, 0.1) is 6.92 Å². The summed E-state index contributed by atoms with van der Waals surface area (Å²) in [6, 6.07) is 8.64. The van der Waals surface area contributed by atoms with E-state index in [1.807, 2.05) is 13.0 Å². The highest BCUT2D eigenvalue weighted by Gasteiger charge is 2.26. The van der Waals surface area contributed by atoms with Gasteiger partial charge in [-0.15, -0.1) is 11.3 Å². The molecule has 0 saturated carbocycles. The van der Waals surface area contributed by atoms with Gasteiger partial charge in [0.15, 0.2) is 0 Å². The number of thiophene rings is 1. The number of methoxy groups -OCH3 is 1. The van der Waals surface area contributed by atoms with Crippen molar-refractivity contribution < 1.29 is 19.1 Å². The maximum absolute atomic E-state index is 12.4. The van der Waals surface area contributed by atoms with Crippen LogP contribution >= 0.6 is 11.3 Å². The first-order chi connectivity index (χ1) is 12.0. The lowest BCUT2D eigenvalue weighted by molar-refractivity contribution is 0.0601. The van der Waals surface area contributed by atoms with Gasteiger partial charge in [-0.25, -0.2) is 4.79 Å². The van der Waals surface area contributed by atoms with Gasteiger partial charge in [0.25, 0.3) is 11.8 Å². The third-order valence-corrected chi connectivity index (χ3v) is 4.75. The van der Waals surface area contributed by atoms with E-state index in [2.05, 4.69) is 10.6 Å². The van der Waals surface area contributed by atoms with Crippen LogP contribution in [0.5, 0.6) is 0 Å². The Kier molecular flexibility index (Phi) is 6.30. The van der Waals surface area contributed by atoms with Crippen LogP contribution in [0.4, 0.5) is 5.00 Å². The van der Waals surface area contributed by atoms with Gasteiger partial charge < -0.3 is 15.4 Å². The minimum Gasteiger partial charge on any atom is -0.465 e. The molecule has 2 rings (SSSR count). The van der Waals surface area contributed by atoms with Gasteiger partial charge in [0.2, 0.25) is 0 Å². The fraction of sp³-hybridized carbons (Fsp3) is 0.278. The molecule has 2 N–H and O–H groups in total. The second-order valence-electron chi connectivity index (χ2n) is 5.33. The lowest BCUT2D eigenvalue weighted by Gasteiger charge is -2.06. The molecular formula is C18H20N2O4S. The zero-order valence-electron chi connectivity index (χ0n) is 14.3. The molecule has 2 amide bonds. The number of carbonyl (C=O) groups is 3. The third-order valence-electron chi connectivity index (χ3n) is 3.54. The highest BCUT2D eigenvalue weighted by molar-refractivity contribution is 7.18. The number of carbonyl (C=O) groups excluding carboxylic acids is 3. The van der Waals surface area contributed by atoms with Crippen molar-refractivity contribution in [2.24, 2.45) is 0 Å². The first-order valence-electron chi connectivity index (χ1n) is 7.85. The molecule has 0 saturated heterocycles. The minimum absolute atomic E-state index is 0.207. The molecular weight excluding hydrogens is 340 g/mol. The van der Waals surface area contributed by atoms with Gasteiger partial charge in [0.05, 0.1) is 17.6 Å². The highest BCUT2D eigenvalue weighted by atomic mass is 32.1. The van der Waals surface area contributed by atoms with Crippen molar-refractivity contribution in [1.82, 2.24) is 5.32 Å². The second-order valence-corrected chi connectivity index (χ2v) is 6.35. The molecule has 132 valence electrons. The van der Waals surface area contributed by atoms with Crippen molar-refractivity contribution in [3.8, 4) is 0 Å². The topological polar surface area (TPSA) is 84.5 Å². The van der Waals surface area contributed by atoms with E-state index in [4.69, 9.17) is 4.74 Å². The molecule has 1 aromatic carbocycles. The van der Waals surface area contributed by atoms with Gasteiger partial charge in [0, 0.05) is 12.1 Å². The van der Waals surface area contributed by atoms with Crippen LogP contribution in [0.25, 0.3) is 0 Å². The number of nitrogens with one attached hydrogen (secondary N) is 2. The average molecular weight is 360 g/mol. The number of hydrogen-bond acceptors (Lipinski definition) is 5. The Bertz CT molecular complexity index is 784. The first kappa shape index (κ1) is 18.7. The minimum atomic E-state index is -0.591. The summed E-state index contributed by atoms with van der Waals surface area (Å²) in [5, 5.41) is 5.80. The number of rotatable bonds is 6. The molecule has 25 heavy (non-hydrogen) atoms. The van der Waals surface area contributed by atoms with Gasteiger partial charge in [-0.3, -0.25) is 9.59 Å². The molecule has 0 fully saturated rings. The van der Waals surface area contributed by atoms with Crippen molar-refractivity contribution in [3.63, 3.8) is 0 Å². The Labute approximate surface area is 150 Å². The zero-order chi connectivity index (χ0) is 18.4. The standard InChI is InChI=1S/C18H20N2O4S/c1-4-10-19-16(22)14-11(2)13(18(23)24-3)17(25-14)20-15(21)12-8-6-5-7-9-12/h5-9H,4,10H2,1-3H3,(H,19,22)(H,20,21). The van der Waals surface area contributed by atoms with Gasteiger partial charge in [-0.2, -0.15) is 0 Å². The maximum atomic E-state index is 12.4. The average Bonchev–Trinajstić information content (AvgIpc) is 2.95. The molecule has 0 radical (unpaired) electrons.